The Bertz CT molecular complexity index is 590. The van der Waals surface area contributed by atoms with E-state index in [9.17, 15) is 5.11 Å². The van der Waals surface area contributed by atoms with Crippen LogP contribution >= 0.6 is 27.3 Å². The van der Waals surface area contributed by atoms with Crippen LogP contribution in [0, 0.1) is 0 Å². The summed E-state index contributed by atoms with van der Waals surface area (Å²) in [5, 5.41) is 12.3. The molecule has 3 nitrogen and oxygen atoms in total. The zero-order chi connectivity index (χ0) is 14.8. The Kier molecular flexibility index (Phi) is 4.83. The molecule has 0 atom stereocenters. The summed E-state index contributed by atoms with van der Waals surface area (Å²) in [7, 11) is 0. The molecule has 0 bridgehead atoms. The number of hydrogen-bond acceptors (Lipinski definition) is 4. The maximum atomic E-state index is 9.23. The van der Waals surface area contributed by atoms with Crippen LogP contribution in [0.25, 0.3) is 0 Å². The minimum atomic E-state index is -0.0107. The van der Waals surface area contributed by atoms with Crippen LogP contribution in [-0.4, -0.2) is 10.1 Å². The maximum absolute atomic E-state index is 9.23. The SMILES string of the molecule is CC(C)(C)c1csc(COc2ccc(Br)c(CO)c2)n1. The first kappa shape index (κ1) is 15.5. The van der Waals surface area contributed by atoms with Gasteiger partial charge in [0.25, 0.3) is 0 Å². The normalized spacial score (nSPS) is 11.7. The van der Waals surface area contributed by atoms with E-state index < -0.39 is 0 Å². The second kappa shape index (κ2) is 6.24. The lowest BCUT2D eigenvalue weighted by Gasteiger charge is -2.14. The van der Waals surface area contributed by atoms with Gasteiger partial charge in [-0.05, 0) is 23.8 Å². The molecule has 0 aliphatic rings. The van der Waals surface area contributed by atoms with Gasteiger partial charge in [-0.15, -0.1) is 11.3 Å². The van der Waals surface area contributed by atoms with Crippen molar-refractivity contribution in [3.05, 3.63) is 44.3 Å². The summed E-state index contributed by atoms with van der Waals surface area (Å²) in [6.07, 6.45) is 0. The predicted octanol–water partition coefficient (Wildman–Crippen LogP) is 4.27. The van der Waals surface area contributed by atoms with Crippen LogP contribution in [0.15, 0.2) is 28.1 Å². The van der Waals surface area contributed by atoms with Gasteiger partial charge in [-0.3, -0.25) is 0 Å². The Morgan fingerprint density at radius 2 is 2.10 bits per heavy atom. The molecule has 0 radical (unpaired) electrons. The lowest BCUT2D eigenvalue weighted by Crippen LogP contribution is -2.11. The van der Waals surface area contributed by atoms with Crippen molar-refractivity contribution in [2.45, 2.75) is 39.4 Å². The molecule has 0 unspecified atom stereocenters. The number of nitrogens with zero attached hydrogens (tertiary/aromatic N) is 1. The molecule has 1 aromatic carbocycles. The van der Waals surface area contributed by atoms with Gasteiger partial charge in [0, 0.05) is 15.3 Å². The number of benzene rings is 1. The molecule has 0 aliphatic carbocycles. The molecule has 0 fully saturated rings. The van der Waals surface area contributed by atoms with Crippen molar-refractivity contribution in [2.24, 2.45) is 0 Å². The van der Waals surface area contributed by atoms with E-state index in [1.54, 1.807) is 11.3 Å². The topological polar surface area (TPSA) is 42.4 Å². The molecule has 2 aromatic rings. The summed E-state index contributed by atoms with van der Waals surface area (Å²) in [5.41, 5.74) is 1.97. The number of aliphatic hydroxyl groups is 1. The number of aliphatic hydroxyl groups excluding tert-OH is 1. The van der Waals surface area contributed by atoms with Crippen molar-refractivity contribution in [1.82, 2.24) is 4.98 Å². The molecule has 2 rings (SSSR count). The van der Waals surface area contributed by atoms with E-state index in [1.807, 2.05) is 18.2 Å². The van der Waals surface area contributed by atoms with Crippen LogP contribution < -0.4 is 4.74 Å². The highest BCUT2D eigenvalue weighted by Gasteiger charge is 2.17. The molecule has 0 saturated heterocycles. The van der Waals surface area contributed by atoms with E-state index in [1.165, 1.54) is 0 Å². The zero-order valence-corrected chi connectivity index (χ0v) is 14.2. The molecule has 0 aliphatic heterocycles. The first-order valence-corrected chi connectivity index (χ1v) is 8.04. The average Bonchev–Trinajstić information content (AvgIpc) is 2.86. The second-order valence-electron chi connectivity index (χ2n) is 5.58. The third-order valence-electron chi connectivity index (χ3n) is 2.87. The standard InChI is InChI=1S/C15H18BrNO2S/c1-15(2,3)13-9-20-14(17-13)8-19-11-4-5-12(16)10(6-11)7-18/h4-6,9,18H,7-8H2,1-3H3. The summed E-state index contributed by atoms with van der Waals surface area (Å²) in [6, 6.07) is 5.59. The Morgan fingerprint density at radius 1 is 1.35 bits per heavy atom. The first-order chi connectivity index (χ1) is 9.40. The highest BCUT2D eigenvalue weighted by atomic mass is 79.9. The molecule has 0 saturated carbocycles. The number of aromatic nitrogens is 1. The molecule has 108 valence electrons. The van der Waals surface area contributed by atoms with Crippen LogP contribution in [0.1, 0.15) is 37.0 Å². The van der Waals surface area contributed by atoms with Gasteiger partial charge in [0.2, 0.25) is 0 Å². The van der Waals surface area contributed by atoms with Gasteiger partial charge < -0.3 is 9.84 Å². The van der Waals surface area contributed by atoms with Crippen molar-refractivity contribution < 1.29 is 9.84 Å². The van der Waals surface area contributed by atoms with E-state index in [0.717, 1.165) is 26.5 Å². The Labute approximate surface area is 131 Å². The van der Waals surface area contributed by atoms with Gasteiger partial charge in [-0.2, -0.15) is 0 Å². The third kappa shape index (κ3) is 3.81. The van der Waals surface area contributed by atoms with Crippen LogP contribution in [0.3, 0.4) is 0 Å². The molecule has 0 spiro atoms. The second-order valence-corrected chi connectivity index (χ2v) is 7.37. The number of ether oxygens (including phenoxy) is 1. The number of rotatable bonds is 4. The fourth-order valence-corrected chi connectivity index (χ4v) is 2.93. The van der Waals surface area contributed by atoms with Crippen molar-refractivity contribution in [1.29, 1.82) is 0 Å². The minimum absolute atomic E-state index is 0.0107. The molecule has 0 amide bonds. The zero-order valence-electron chi connectivity index (χ0n) is 11.8. The Morgan fingerprint density at radius 3 is 2.70 bits per heavy atom. The van der Waals surface area contributed by atoms with Crippen molar-refractivity contribution in [2.75, 3.05) is 0 Å². The van der Waals surface area contributed by atoms with Crippen LogP contribution in [0.2, 0.25) is 0 Å². The van der Waals surface area contributed by atoms with E-state index in [0.29, 0.717) is 6.61 Å². The monoisotopic (exact) mass is 355 g/mol. The van der Waals surface area contributed by atoms with E-state index in [-0.39, 0.29) is 12.0 Å². The average molecular weight is 356 g/mol. The van der Waals surface area contributed by atoms with Crippen molar-refractivity contribution >= 4 is 27.3 Å². The first-order valence-electron chi connectivity index (χ1n) is 6.37. The molecule has 1 N–H and O–H groups in total. The summed E-state index contributed by atoms with van der Waals surface area (Å²) in [6.45, 7) is 6.88. The fourth-order valence-electron chi connectivity index (χ4n) is 1.63. The van der Waals surface area contributed by atoms with Crippen molar-refractivity contribution in [3.8, 4) is 5.75 Å². The summed E-state index contributed by atoms with van der Waals surface area (Å²) in [4.78, 5) is 4.59. The largest absolute Gasteiger partial charge is 0.486 e. The Hall–Kier alpha value is -0.910. The highest BCUT2D eigenvalue weighted by molar-refractivity contribution is 9.10. The molecule has 1 aromatic heterocycles. The number of hydrogen-bond donors (Lipinski definition) is 1. The van der Waals surface area contributed by atoms with Gasteiger partial charge in [-0.25, -0.2) is 4.98 Å². The van der Waals surface area contributed by atoms with Crippen LogP contribution in [0.5, 0.6) is 5.75 Å². The number of thiazole rings is 1. The maximum Gasteiger partial charge on any atom is 0.140 e. The molecular formula is C15H18BrNO2S. The summed E-state index contributed by atoms with van der Waals surface area (Å²) in [5.74, 6) is 0.741. The lowest BCUT2D eigenvalue weighted by molar-refractivity contribution is 0.277. The fraction of sp³-hybridized carbons (Fsp3) is 0.400. The minimum Gasteiger partial charge on any atom is -0.486 e. The molecular weight excluding hydrogens is 338 g/mol. The van der Waals surface area contributed by atoms with E-state index >= 15 is 0 Å². The smallest absolute Gasteiger partial charge is 0.140 e. The van der Waals surface area contributed by atoms with E-state index in [2.05, 4.69) is 47.1 Å². The molecule has 1 heterocycles. The summed E-state index contributed by atoms with van der Waals surface area (Å²) >= 11 is 5.00. The quantitative estimate of drug-likeness (QED) is 0.889. The van der Waals surface area contributed by atoms with Crippen LogP contribution in [0.4, 0.5) is 0 Å². The Balaban J connectivity index is 2.04. The van der Waals surface area contributed by atoms with Gasteiger partial charge in [-0.1, -0.05) is 36.7 Å². The molecule has 5 heteroatoms. The molecule has 20 heavy (non-hydrogen) atoms. The van der Waals surface area contributed by atoms with Gasteiger partial charge in [0.05, 0.1) is 12.3 Å². The van der Waals surface area contributed by atoms with Crippen molar-refractivity contribution in [3.63, 3.8) is 0 Å². The van der Waals surface area contributed by atoms with Gasteiger partial charge >= 0.3 is 0 Å². The predicted molar refractivity (Wildman–Crippen MR) is 85.2 cm³/mol. The van der Waals surface area contributed by atoms with E-state index in [4.69, 9.17) is 4.74 Å². The van der Waals surface area contributed by atoms with Gasteiger partial charge in [0.1, 0.15) is 17.4 Å². The highest BCUT2D eigenvalue weighted by Crippen LogP contribution is 2.26. The third-order valence-corrected chi connectivity index (χ3v) is 4.47. The summed E-state index contributed by atoms with van der Waals surface area (Å²) < 4.78 is 6.62. The van der Waals surface area contributed by atoms with Crippen LogP contribution in [-0.2, 0) is 18.6 Å². The lowest BCUT2D eigenvalue weighted by atomic mass is 9.93. The number of halogens is 1. The van der Waals surface area contributed by atoms with Gasteiger partial charge in [0.15, 0.2) is 0 Å².